The average Bonchev–Trinajstić information content (AvgIpc) is 3.14. The number of hydrogen-bond donors (Lipinski definition) is 2. The number of amides is 1. The van der Waals surface area contributed by atoms with Gasteiger partial charge in [-0.05, 0) is 73.5 Å². The number of carboxylic acid groups (broad SMARTS) is 1. The number of rotatable bonds is 8. The number of hydrogen-bond acceptors (Lipinski definition) is 6. The highest BCUT2D eigenvalue weighted by Gasteiger charge is 2.47. The topological polar surface area (TPSA) is 113 Å². The van der Waals surface area contributed by atoms with Crippen molar-refractivity contribution in [3.05, 3.63) is 95.1 Å². The minimum Gasteiger partial charge on any atom is -0.507 e. The van der Waals surface area contributed by atoms with E-state index in [-0.39, 0.29) is 23.9 Å². The Morgan fingerprint density at radius 2 is 1.49 bits per heavy atom. The Hall–Kier alpha value is -4.59. The second-order valence-electron chi connectivity index (χ2n) is 8.87. The van der Waals surface area contributed by atoms with Crippen molar-refractivity contribution >= 4 is 29.1 Å². The van der Waals surface area contributed by atoms with Gasteiger partial charge in [-0.3, -0.25) is 19.3 Å². The van der Waals surface area contributed by atoms with Crippen molar-refractivity contribution in [2.45, 2.75) is 32.4 Å². The number of anilines is 1. The van der Waals surface area contributed by atoms with Gasteiger partial charge in [0.05, 0.1) is 31.2 Å². The summed E-state index contributed by atoms with van der Waals surface area (Å²) in [6.45, 7) is 3.80. The Kier molecular flexibility index (Phi) is 7.29. The molecule has 3 aromatic rings. The van der Waals surface area contributed by atoms with Crippen LogP contribution < -0.4 is 14.4 Å². The Morgan fingerprint density at radius 3 is 2.03 bits per heavy atom. The Bertz CT molecular complexity index is 1340. The molecule has 1 atom stereocenters. The van der Waals surface area contributed by atoms with Crippen molar-refractivity contribution in [3.8, 4) is 11.5 Å². The van der Waals surface area contributed by atoms with Crippen LogP contribution in [0, 0.1) is 0 Å². The third-order valence-electron chi connectivity index (χ3n) is 5.95. The number of aliphatic hydroxyl groups is 1. The van der Waals surface area contributed by atoms with Crippen LogP contribution in [0.1, 0.15) is 36.6 Å². The first kappa shape index (κ1) is 25.5. The highest BCUT2D eigenvalue weighted by Crippen LogP contribution is 2.42. The molecule has 0 aliphatic carbocycles. The minimum absolute atomic E-state index is 0.0262. The van der Waals surface area contributed by atoms with Gasteiger partial charge in [-0.1, -0.05) is 24.3 Å². The molecule has 3 aromatic carbocycles. The number of Topliss-reactive ketones (excluding diaryl/α,β-unsaturated/α-hetero) is 1. The molecule has 8 nitrogen and oxygen atoms in total. The number of carboxylic acids is 1. The fourth-order valence-corrected chi connectivity index (χ4v) is 4.27. The molecular formula is C29H27NO7. The molecular weight excluding hydrogens is 474 g/mol. The van der Waals surface area contributed by atoms with E-state index in [4.69, 9.17) is 14.6 Å². The summed E-state index contributed by atoms with van der Waals surface area (Å²) in [6.07, 6.45) is -0.195. The Labute approximate surface area is 214 Å². The van der Waals surface area contributed by atoms with Crippen molar-refractivity contribution in [1.29, 1.82) is 0 Å². The van der Waals surface area contributed by atoms with Crippen LogP contribution in [-0.2, 0) is 20.8 Å². The van der Waals surface area contributed by atoms with E-state index in [1.54, 1.807) is 72.8 Å². The van der Waals surface area contributed by atoms with Crippen molar-refractivity contribution in [2.75, 3.05) is 12.0 Å². The summed E-state index contributed by atoms with van der Waals surface area (Å²) in [5, 5.41) is 20.3. The molecule has 1 amide bonds. The first-order valence-corrected chi connectivity index (χ1v) is 11.7. The van der Waals surface area contributed by atoms with Crippen LogP contribution in [0.3, 0.4) is 0 Å². The molecule has 1 fully saturated rings. The zero-order valence-electron chi connectivity index (χ0n) is 20.7. The molecule has 0 radical (unpaired) electrons. The predicted molar refractivity (Wildman–Crippen MR) is 138 cm³/mol. The van der Waals surface area contributed by atoms with Gasteiger partial charge in [0.15, 0.2) is 0 Å². The molecule has 1 aliphatic rings. The van der Waals surface area contributed by atoms with E-state index in [0.29, 0.717) is 33.9 Å². The molecule has 1 saturated heterocycles. The highest BCUT2D eigenvalue weighted by atomic mass is 16.5. The van der Waals surface area contributed by atoms with Crippen molar-refractivity contribution in [1.82, 2.24) is 0 Å². The van der Waals surface area contributed by atoms with Crippen molar-refractivity contribution in [3.63, 3.8) is 0 Å². The van der Waals surface area contributed by atoms with Gasteiger partial charge in [0.25, 0.3) is 11.7 Å². The van der Waals surface area contributed by atoms with Gasteiger partial charge in [-0.25, -0.2) is 0 Å². The van der Waals surface area contributed by atoms with E-state index < -0.39 is 23.7 Å². The normalized spacial score (nSPS) is 16.8. The summed E-state index contributed by atoms with van der Waals surface area (Å²) in [5.41, 5.74) is 1.86. The van der Waals surface area contributed by atoms with Gasteiger partial charge < -0.3 is 19.7 Å². The van der Waals surface area contributed by atoms with Crippen LogP contribution in [0.5, 0.6) is 11.5 Å². The molecule has 190 valence electrons. The number of aliphatic hydroxyl groups excluding tert-OH is 1. The van der Waals surface area contributed by atoms with E-state index in [9.17, 15) is 19.5 Å². The van der Waals surface area contributed by atoms with Gasteiger partial charge in [0.1, 0.15) is 17.3 Å². The standard InChI is InChI=1S/C29H27NO7/c1-17(2)37-23-14-8-20(9-15-23)27(33)25-26(19-6-12-22(36-3)13-7-19)30(29(35)28(25)34)21-10-4-18(5-11-21)16-24(31)32/h4-15,17,26,33H,16H2,1-3H3,(H,31,32)/b27-25+. The maximum Gasteiger partial charge on any atom is 0.307 e. The third-order valence-corrected chi connectivity index (χ3v) is 5.95. The zero-order valence-corrected chi connectivity index (χ0v) is 20.7. The summed E-state index contributed by atoms with van der Waals surface area (Å²) in [7, 11) is 1.53. The van der Waals surface area contributed by atoms with Crippen LogP contribution in [0.2, 0.25) is 0 Å². The number of nitrogens with zero attached hydrogens (tertiary/aromatic N) is 1. The maximum atomic E-state index is 13.3. The van der Waals surface area contributed by atoms with E-state index in [1.165, 1.54) is 12.0 Å². The fraction of sp³-hybridized carbons (Fsp3) is 0.207. The van der Waals surface area contributed by atoms with Crippen molar-refractivity contribution < 1.29 is 34.1 Å². The lowest BCUT2D eigenvalue weighted by Crippen LogP contribution is -2.29. The number of methoxy groups -OCH3 is 1. The van der Waals surface area contributed by atoms with E-state index >= 15 is 0 Å². The fourth-order valence-electron chi connectivity index (χ4n) is 4.27. The molecule has 0 saturated carbocycles. The summed E-state index contributed by atoms with van der Waals surface area (Å²) in [5.74, 6) is -1.69. The average molecular weight is 502 g/mol. The number of benzene rings is 3. The largest absolute Gasteiger partial charge is 0.507 e. The second kappa shape index (κ2) is 10.6. The van der Waals surface area contributed by atoms with Gasteiger partial charge in [0.2, 0.25) is 0 Å². The lowest BCUT2D eigenvalue weighted by Gasteiger charge is -2.25. The number of ketones is 1. The lowest BCUT2D eigenvalue weighted by atomic mass is 9.95. The van der Waals surface area contributed by atoms with Crippen LogP contribution in [0.4, 0.5) is 5.69 Å². The number of carbonyl (C=O) groups excluding carboxylic acids is 2. The summed E-state index contributed by atoms with van der Waals surface area (Å²) >= 11 is 0. The van der Waals surface area contributed by atoms with E-state index in [0.717, 1.165) is 0 Å². The van der Waals surface area contributed by atoms with Gasteiger partial charge >= 0.3 is 5.97 Å². The van der Waals surface area contributed by atoms with Crippen LogP contribution in [-0.4, -0.2) is 41.1 Å². The molecule has 8 heteroatoms. The Balaban J connectivity index is 1.82. The third kappa shape index (κ3) is 5.33. The molecule has 0 spiro atoms. The molecule has 0 bridgehead atoms. The van der Waals surface area contributed by atoms with Gasteiger partial charge in [-0.2, -0.15) is 0 Å². The zero-order chi connectivity index (χ0) is 26.7. The van der Waals surface area contributed by atoms with Crippen LogP contribution >= 0.6 is 0 Å². The van der Waals surface area contributed by atoms with Crippen LogP contribution in [0.15, 0.2) is 78.4 Å². The first-order valence-electron chi connectivity index (χ1n) is 11.7. The van der Waals surface area contributed by atoms with Crippen molar-refractivity contribution in [2.24, 2.45) is 0 Å². The first-order chi connectivity index (χ1) is 17.7. The molecule has 4 rings (SSSR count). The van der Waals surface area contributed by atoms with E-state index in [1.807, 2.05) is 13.8 Å². The summed E-state index contributed by atoms with van der Waals surface area (Å²) in [4.78, 5) is 39.0. The molecule has 0 aromatic heterocycles. The van der Waals surface area contributed by atoms with Crippen LogP contribution in [0.25, 0.3) is 5.76 Å². The smallest absolute Gasteiger partial charge is 0.307 e. The number of aliphatic carboxylic acids is 1. The summed E-state index contributed by atoms with van der Waals surface area (Å²) in [6, 6.07) is 19.0. The molecule has 1 unspecified atom stereocenters. The SMILES string of the molecule is COc1ccc(C2/C(=C(\O)c3ccc(OC(C)C)cc3)C(=O)C(=O)N2c2ccc(CC(=O)O)cc2)cc1. The van der Waals surface area contributed by atoms with Gasteiger partial charge in [0, 0.05) is 11.3 Å². The summed E-state index contributed by atoms with van der Waals surface area (Å²) < 4.78 is 10.9. The quantitative estimate of drug-likeness (QED) is 0.260. The predicted octanol–water partition coefficient (Wildman–Crippen LogP) is 4.74. The minimum atomic E-state index is -0.976. The number of ether oxygens (including phenoxy) is 2. The molecule has 37 heavy (non-hydrogen) atoms. The maximum absolute atomic E-state index is 13.3. The molecule has 1 heterocycles. The molecule has 1 aliphatic heterocycles. The second-order valence-corrected chi connectivity index (χ2v) is 8.87. The Morgan fingerprint density at radius 1 is 0.892 bits per heavy atom. The number of carbonyl (C=O) groups is 3. The highest BCUT2D eigenvalue weighted by molar-refractivity contribution is 6.51. The lowest BCUT2D eigenvalue weighted by molar-refractivity contribution is -0.136. The molecule has 2 N–H and O–H groups in total. The monoisotopic (exact) mass is 501 g/mol. The van der Waals surface area contributed by atoms with Gasteiger partial charge in [-0.15, -0.1) is 0 Å². The van der Waals surface area contributed by atoms with E-state index in [2.05, 4.69) is 0 Å².